The van der Waals surface area contributed by atoms with Gasteiger partial charge in [0, 0.05) is 19.4 Å². The average molecular weight is 477 g/mol. The molecule has 0 heterocycles. The molecular weight excluding hydrogens is 424 g/mol. The van der Waals surface area contributed by atoms with Gasteiger partial charge in [-0.15, -0.1) is 0 Å². The summed E-state index contributed by atoms with van der Waals surface area (Å²) in [5, 5.41) is 21.5. The van der Waals surface area contributed by atoms with Crippen LogP contribution < -0.4 is 17.7 Å². The van der Waals surface area contributed by atoms with E-state index in [2.05, 4.69) is 24.4 Å². The molecule has 0 saturated carbocycles. The number of nitrogens with zero attached hydrogens (tertiary/aromatic N) is 1. The lowest BCUT2D eigenvalue weighted by molar-refractivity contribution is -0.893. The Morgan fingerprint density at radius 2 is 1.41 bits per heavy atom. The van der Waals surface area contributed by atoms with E-state index >= 15 is 0 Å². The number of likely N-dealkylation sites (N-methyl/N-ethyl adjacent to an activating group) is 1. The van der Waals surface area contributed by atoms with Crippen LogP contribution in [0.3, 0.4) is 0 Å². The van der Waals surface area contributed by atoms with Crippen LogP contribution in [0.2, 0.25) is 0 Å². The first kappa shape index (κ1) is 33.6. The van der Waals surface area contributed by atoms with Crippen LogP contribution in [0.25, 0.3) is 0 Å². The predicted octanol–water partition coefficient (Wildman–Crippen LogP) is 1.96. The lowest BCUT2D eigenvalue weighted by Crippen LogP contribution is -3.00. The van der Waals surface area contributed by atoms with Gasteiger partial charge in [0.05, 0.1) is 27.2 Å². The summed E-state index contributed by atoms with van der Waals surface area (Å²) < 4.78 is 0.645. The highest BCUT2D eigenvalue weighted by molar-refractivity contribution is 5.75. The molecule has 0 aliphatic rings. The number of aliphatic hydroxyl groups excluding tert-OH is 2. The SMILES string of the molecule is CCCCCCCCC=CCCCCCCCC(=O)NCCC[N+](C)(C)CC(O)CO.[Cl-]. The van der Waals surface area contributed by atoms with E-state index in [1.807, 2.05) is 14.1 Å². The van der Waals surface area contributed by atoms with Crippen molar-refractivity contribution in [1.29, 1.82) is 0 Å². The van der Waals surface area contributed by atoms with Crippen molar-refractivity contribution >= 4 is 5.91 Å². The maximum atomic E-state index is 11.9. The number of hydrogen-bond donors (Lipinski definition) is 3. The molecule has 5 nitrogen and oxygen atoms in total. The van der Waals surface area contributed by atoms with Crippen LogP contribution in [0.15, 0.2) is 12.2 Å². The summed E-state index contributed by atoms with van der Waals surface area (Å²) in [5.74, 6) is 0.151. The fourth-order valence-electron chi connectivity index (χ4n) is 3.90. The second-order valence-electron chi connectivity index (χ2n) is 9.72. The number of allylic oxidation sites excluding steroid dienone is 2. The first-order valence-corrected chi connectivity index (χ1v) is 12.9. The smallest absolute Gasteiger partial charge is 0.219 e. The lowest BCUT2D eigenvalue weighted by Gasteiger charge is -2.31. The van der Waals surface area contributed by atoms with Crippen molar-refractivity contribution in [3.63, 3.8) is 0 Å². The molecule has 1 unspecified atom stereocenters. The van der Waals surface area contributed by atoms with E-state index < -0.39 is 6.10 Å². The van der Waals surface area contributed by atoms with Gasteiger partial charge >= 0.3 is 0 Å². The van der Waals surface area contributed by atoms with E-state index in [-0.39, 0.29) is 24.9 Å². The van der Waals surface area contributed by atoms with Crippen LogP contribution in [0.4, 0.5) is 0 Å². The molecule has 0 radical (unpaired) electrons. The topological polar surface area (TPSA) is 69.6 Å². The highest BCUT2D eigenvalue weighted by atomic mass is 35.5. The number of nitrogens with one attached hydrogen (secondary N) is 1. The van der Waals surface area contributed by atoms with E-state index in [1.54, 1.807) is 0 Å². The van der Waals surface area contributed by atoms with Crippen LogP contribution in [0, 0.1) is 0 Å². The van der Waals surface area contributed by atoms with Crippen molar-refractivity contribution in [1.82, 2.24) is 5.32 Å². The Balaban J connectivity index is 0. The van der Waals surface area contributed by atoms with Gasteiger partial charge in [0.1, 0.15) is 12.6 Å². The lowest BCUT2D eigenvalue weighted by atomic mass is 10.1. The number of hydrogen-bond acceptors (Lipinski definition) is 3. The molecule has 0 saturated heterocycles. The zero-order valence-electron chi connectivity index (χ0n) is 21.3. The Kier molecular flexibility index (Phi) is 24.7. The fraction of sp³-hybridized carbons (Fsp3) is 0.885. The Bertz CT molecular complexity index is 445. The molecule has 1 atom stereocenters. The molecule has 1 amide bonds. The molecule has 0 aromatic heterocycles. The number of aliphatic hydroxyl groups is 2. The van der Waals surface area contributed by atoms with Gasteiger partial charge in [-0.1, -0.05) is 70.4 Å². The van der Waals surface area contributed by atoms with Crippen LogP contribution in [-0.4, -0.2) is 67.0 Å². The molecule has 0 spiro atoms. The summed E-state index contributed by atoms with van der Waals surface area (Å²) in [7, 11) is 4.07. The summed E-state index contributed by atoms with van der Waals surface area (Å²) in [5.41, 5.74) is 0. The van der Waals surface area contributed by atoms with Crippen LogP contribution in [0.5, 0.6) is 0 Å². The second-order valence-corrected chi connectivity index (χ2v) is 9.72. The largest absolute Gasteiger partial charge is 1.00 e. The zero-order valence-corrected chi connectivity index (χ0v) is 22.1. The number of rotatable bonds is 22. The Hall–Kier alpha value is -0.620. The molecular formula is C26H53ClN2O3. The van der Waals surface area contributed by atoms with E-state index in [4.69, 9.17) is 5.11 Å². The number of halogens is 1. The molecule has 0 aliphatic carbocycles. The van der Waals surface area contributed by atoms with Gasteiger partial charge in [0.15, 0.2) is 0 Å². The first-order valence-electron chi connectivity index (χ1n) is 12.9. The van der Waals surface area contributed by atoms with Gasteiger partial charge in [-0.25, -0.2) is 0 Å². The highest BCUT2D eigenvalue weighted by Crippen LogP contribution is 2.10. The van der Waals surface area contributed by atoms with E-state index in [0.717, 1.165) is 25.8 Å². The number of unbranched alkanes of at least 4 members (excludes halogenated alkanes) is 11. The number of carbonyl (C=O) groups is 1. The average Bonchev–Trinajstić information content (AvgIpc) is 2.73. The van der Waals surface area contributed by atoms with E-state index in [9.17, 15) is 9.90 Å². The number of carbonyl (C=O) groups excluding carboxylic acids is 1. The van der Waals surface area contributed by atoms with Gasteiger partial charge in [0.25, 0.3) is 0 Å². The third-order valence-corrected chi connectivity index (χ3v) is 5.84. The maximum Gasteiger partial charge on any atom is 0.219 e. The Morgan fingerprint density at radius 3 is 1.97 bits per heavy atom. The first-order chi connectivity index (χ1) is 14.9. The molecule has 0 aromatic rings. The summed E-state index contributed by atoms with van der Waals surface area (Å²) in [6.07, 6.45) is 22.1. The van der Waals surface area contributed by atoms with Gasteiger partial charge in [-0.2, -0.15) is 0 Å². The van der Waals surface area contributed by atoms with E-state index in [1.165, 1.54) is 70.6 Å². The third kappa shape index (κ3) is 24.0. The van der Waals surface area contributed by atoms with Crippen LogP contribution in [-0.2, 0) is 4.79 Å². The monoisotopic (exact) mass is 476 g/mol. The summed E-state index contributed by atoms with van der Waals surface area (Å²) in [6.45, 7) is 4.14. The van der Waals surface area contributed by atoms with Crippen LogP contribution in [0.1, 0.15) is 103 Å². The molecule has 192 valence electrons. The Morgan fingerprint density at radius 1 is 0.875 bits per heavy atom. The minimum absolute atomic E-state index is 0. The molecule has 0 aliphatic heterocycles. The molecule has 3 N–H and O–H groups in total. The van der Waals surface area contributed by atoms with Crippen molar-refractivity contribution in [2.75, 3.05) is 40.3 Å². The number of quaternary nitrogens is 1. The van der Waals surface area contributed by atoms with Crippen molar-refractivity contribution in [2.24, 2.45) is 0 Å². The van der Waals surface area contributed by atoms with Gasteiger partial charge in [-0.05, 0) is 32.1 Å². The quantitative estimate of drug-likeness (QED) is 0.127. The molecule has 0 fully saturated rings. The summed E-state index contributed by atoms with van der Waals surface area (Å²) >= 11 is 0. The fourth-order valence-corrected chi connectivity index (χ4v) is 3.90. The van der Waals surface area contributed by atoms with Crippen molar-refractivity contribution in [2.45, 2.75) is 109 Å². The van der Waals surface area contributed by atoms with Crippen molar-refractivity contribution in [3.05, 3.63) is 12.2 Å². The molecule has 32 heavy (non-hydrogen) atoms. The van der Waals surface area contributed by atoms with Gasteiger partial charge in [-0.3, -0.25) is 4.79 Å². The molecule has 0 aromatic carbocycles. The second kappa shape index (κ2) is 23.5. The minimum Gasteiger partial charge on any atom is -1.00 e. The maximum absolute atomic E-state index is 11.9. The normalized spacial score (nSPS) is 12.7. The Labute approximate surface area is 205 Å². The highest BCUT2D eigenvalue weighted by Gasteiger charge is 2.19. The van der Waals surface area contributed by atoms with Gasteiger partial charge < -0.3 is 32.4 Å². The van der Waals surface area contributed by atoms with Crippen LogP contribution >= 0.6 is 0 Å². The molecule has 6 heteroatoms. The molecule has 0 bridgehead atoms. The summed E-state index contributed by atoms with van der Waals surface area (Å²) in [6, 6.07) is 0. The zero-order chi connectivity index (χ0) is 23.2. The predicted molar refractivity (Wildman–Crippen MR) is 132 cm³/mol. The standard InChI is InChI=1S/C26H52N2O3.ClH/c1-4-5-6-7-8-9-10-11-12-13-14-15-16-17-18-20-26(31)27-21-19-22-28(2,3)23-25(30)24-29;/h11-12,25,29-30H,4-10,13-24H2,1-3H3;1H. The van der Waals surface area contributed by atoms with E-state index in [0.29, 0.717) is 24.0 Å². The molecule has 0 rings (SSSR count). The van der Waals surface area contributed by atoms with Crippen molar-refractivity contribution < 1.29 is 31.9 Å². The summed E-state index contributed by atoms with van der Waals surface area (Å²) in [4.78, 5) is 11.9. The van der Waals surface area contributed by atoms with Crippen molar-refractivity contribution in [3.8, 4) is 0 Å². The third-order valence-electron chi connectivity index (χ3n) is 5.84. The minimum atomic E-state index is -0.675. The van der Waals surface area contributed by atoms with Gasteiger partial charge in [0.2, 0.25) is 5.91 Å². The number of amides is 1.